The molecule has 17 heavy (non-hydrogen) atoms. The van der Waals surface area contributed by atoms with Crippen molar-refractivity contribution < 1.29 is 0 Å². The molecule has 0 aliphatic carbocycles. The maximum Gasteiger partial charge on any atom is 0.0931 e. The van der Waals surface area contributed by atoms with Crippen LogP contribution in [0.2, 0.25) is 4.34 Å². The quantitative estimate of drug-likeness (QED) is 0.910. The van der Waals surface area contributed by atoms with Gasteiger partial charge in [0.25, 0.3) is 0 Å². The first-order valence-electron chi connectivity index (χ1n) is 6.27. The van der Waals surface area contributed by atoms with E-state index >= 15 is 0 Å². The van der Waals surface area contributed by atoms with E-state index in [1.54, 1.807) is 11.3 Å². The molecular weight excluding hydrogens is 252 g/mol. The average molecular weight is 273 g/mol. The maximum atomic E-state index is 6.43. The van der Waals surface area contributed by atoms with Crippen LogP contribution < -0.4 is 5.73 Å². The third-order valence-electron chi connectivity index (χ3n) is 3.83. The Balaban J connectivity index is 2.13. The standard InChI is InChI=1S/C13H21ClN2S/c1-13(2,16-8-4-3-5-9-16)12(15)10-6-7-11(14)17-10/h6-7,12H,3-5,8-9,15H2,1-2H3. The summed E-state index contributed by atoms with van der Waals surface area (Å²) in [6.45, 7) is 6.83. The molecule has 0 saturated carbocycles. The fourth-order valence-corrected chi connectivity index (χ4v) is 3.75. The van der Waals surface area contributed by atoms with E-state index in [0.29, 0.717) is 0 Å². The third-order valence-corrected chi connectivity index (χ3v) is 5.15. The van der Waals surface area contributed by atoms with Crippen LogP contribution in [0, 0.1) is 0 Å². The molecule has 0 amide bonds. The number of piperidine rings is 1. The van der Waals surface area contributed by atoms with Gasteiger partial charge < -0.3 is 5.73 Å². The van der Waals surface area contributed by atoms with Crippen LogP contribution in [-0.2, 0) is 0 Å². The highest BCUT2D eigenvalue weighted by atomic mass is 35.5. The molecule has 2 rings (SSSR count). The van der Waals surface area contributed by atoms with Crippen molar-refractivity contribution in [3.63, 3.8) is 0 Å². The molecule has 1 atom stereocenters. The number of halogens is 1. The minimum Gasteiger partial charge on any atom is -0.322 e. The molecule has 0 bridgehead atoms. The highest BCUT2D eigenvalue weighted by Gasteiger charge is 2.35. The Hall–Kier alpha value is -0.0900. The molecule has 0 aromatic carbocycles. The lowest BCUT2D eigenvalue weighted by atomic mass is 9.90. The van der Waals surface area contributed by atoms with E-state index in [0.717, 1.165) is 4.34 Å². The Morgan fingerprint density at radius 2 is 1.94 bits per heavy atom. The van der Waals surface area contributed by atoms with Gasteiger partial charge in [0.1, 0.15) is 0 Å². The van der Waals surface area contributed by atoms with Crippen molar-refractivity contribution in [2.45, 2.75) is 44.7 Å². The first-order valence-corrected chi connectivity index (χ1v) is 7.47. The number of nitrogens with two attached hydrogens (primary N) is 1. The molecule has 1 aromatic rings. The molecule has 1 unspecified atom stereocenters. The van der Waals surface area contributed by atoms with Crippen LogP contribution in [0.1, 0.15) is 44.0 Å². The fraction of sp³-hybridized carbons (Fsp3) is 0.692. The SMILES string of the molecule is CC(C)(C(N)c1ccc(Cl)s1)N1CCCCC1. The lowest BCUT2D eigenvalue weighted by Crippen LogP contribution is -2.52. The largest absolute Gasteiger partial charge is 0.322 e. The van der Waals surface area contributed by atoms with E-state index in [1.165, 1.54) is 37.2 Å². The van der Waals surface area contributed by atoms with E-state index in [9.17, 15) is 0 Å². The van der Waals surface area contributed by atoms with Crippen molar-refractivity contribution in [3.05, 3.63) is 21.3 Å². The lowest BCUT2D eigenvalue weighted by Gasteiger charge is -2.44. The molecule has 96 valence electrons. The molecule has 1 saturated heterocycles. The van der Waals surface area contributed by atoms with Crippen LogP contribution in [0.4, 0.5) is 0 Å². The normalized spacial score (nSPS) is 20.5. The number of likely N-dealkylation sites (tertiary alicyclic amines) is 1. The van der Waals surface area contributed by atoms with Crippen molar-refractivity contribution in [1.82, 2.24) is 4.90 Å². The molecular formula is C13H21ClN2S. The van der Waals surface area contributed by atoms with Gasteiger partial charge in [0.2, 0.25) is 0 Å². The molecule has 2 N–H and O–H groups in total. The Labute approximate surface area is 113 Å². The first kappa shape index (κ1) is 13.3. The van der Waals surface area contributed by atoms with Gasteiger partial charge in [0.05, 0.1) is 10.4 Å². The zero-order valence-corrected chi connectivity index (χ0v) is 12.2. The monoisotopic (exact) mass is 272 g/mol. The van der Waals surface area contributed by atoms with E-state index in [2.05, 4.69) is 24.8 Å². The van der Waals surface area contributed by atoms with Crippen LogP contribution in [0.25, 0.3) is 0 Å². The summed E-state index contributed by atoms with van der Waals surface area (Å²) >= 11 is 7.59. The molecule has 1 aliphatic heterocycles. The fourth-order valence-electron chi connectivity index (χ4n) is 2.51. The van der Waals surface area contributed by atoms with Crippen LogP contribution in [0.3, 0.4) is 0 Å². The maximum absolute atomic E-state index is 6.43. The molecule has 2 nitrogen and oxygen atoms in total. The molecule has 1 fully saturated rings. The van der Waals surface area contributed by atoms with Gasteiger partial charge >= 0.3 is 0 Å². The van der Waals surface area contributed by atoms with E-state index in [-0.39, 0.29) is 11.6 Å². The predicted octanol–water partition coefficient (Wildman–Crippen LogP) is 3.67. The number of hydrogen-bond donors (Lipinski definition) is 1. The number of hydrogen-bond acceptors (Lipinski definition) is 3. The van der Waals surface area contributed by atoms with Crippen molar-refractivity contribution in [1.29, 1.82) is 0 Å². The Kier molecular flexibility index (Phi) is 4.14. The molecule has 0 spiro atoms. The van der Waals surface area contributed by atoms with Crippen molar-refractivity contribution in [3.8, 4) is 0 Å². The zero-order valence-electron chi connectivity index (χ0n) is 10.6. The topological polar surface area (TPSA) is 29.3 Å². The van der Waals surface area contributed by atoms with Gasteiger partial charge in [-0.15, -0.1) is 11.3 Å². The molecule has 0 radical (unpaired) electrons. The summed E-state index contributed by atoms with van der Waals surface area (Å²) in [7, 11) is 0. The van der Waals surface area contributed by atoms with Crippen LogP contribution in [0.15, 0.2) is 12.1 Å². The highest BCUT2D eigenvalue weighted by molar-refractivity contribution is 7.16. The minimum absolute atomic E-state index is 0.00853. The van der Waals surface area contributed by atoms with Gasteiger partial charge in [0, 0.05) is 10.4 Å². The van der Waals surface area contributed by atoms with E-state index in [4.69, 9.17) is 17.3 Å². The smallest absolute Gasteiger partial charge is 0.0931 e. The summed E-state index contributed by atoms with van der Waals surface area (Å²) in [4.78, 5) is 3.71. The highest BCUT2D eigenvalue weighted by Crippen LogP contribution is 2.35. The zero-order chi connectivity index (χ0) is 12.5. The summed E-state index contributed by atoms with van der Waals surface area (Å²) in [5.41, 5.74) is 6.44. The molecule has 4 heteroatoms. The Morgan fingerprint density at radius 1 is 1.29 bits per heavy atom. The van der Waals surface area contributed by atoms with Gasteiger partial charge in [-0.1, -0.05) is 18.0 Å². The van der Waals surface area contributed by atoms with Gasteiger partial charge in [0.15, 0.2) is 0 Å². The van der Waals surface area contributed by atoms with E-state index in [1.807, 2.05) is 6.07 Å². The number of rotatable bonds is 3. The summed E-state index contributed by atoms with van der Waals surface area (Å²) in [6.07, 6.45) is 3.94. The second-order valence-corrected chi connectivity index (χ2v) is 7.07. The average Bonchev–Trinajstić information content (AvgIpc) is 2.76. The van der Waals surface area contributed by atoms with Gasteiger partial charge in [-0.25, -0.2) is 0 Å². The van der Waals surface area contributed by atoms with Gasteiger partial charge in [-0.3, -0.25) is 4.90 Å². The summed E-state index contributed by atoms with van der Waals surface area (Å²) in [6, 6.07) is 4.04. The molecule has 2 heterocycles. The number of thiophene rings is 1. The van der Waals surface area contributed by atoms with Crippen LogP contribution in [-0.4, -0.2) is 23.5 Å². The summed E-state index contributed by atoms with van der Waals surface area (Å²) < 4.78 is 0.824. The van der Waals surface area contributed by atoms with Crippen molar-refractivity contribution in [2.24, 2.45) is 5.73 Å². The van der Waals surface area contributed by atoms with Crippen LogP contribution in [0.5, 0.6) is 0 Å². The van der Waals surface area contributed by atoms with Crippen molar-refractivity contribution in [2.75, 3.05) is 13.1 Å². The first-order chi connectivity index (χ1) is 8.01. The second-order valence-electron chi connectivity index (χ2n) is 5.32. The number of nitrogens with zero attached hydrogens (tertiary/aromatic N) is 1. The third kappa shape index (κ3) is 2.84. The Bertz CT molecular complexity index is 369. The molecule has 1 aromatic heterocycles. The summed E-state index contributed by atoms with van der Waals surface area (Å²) in [5, 5.41) is 0. The van der Waals surface area contributed by atoms with E-state index < -0.39 is 0 Å². The predicted molar refractivity (Wildman–Crippen MR) is 75.8 cm³/mol. The van der Waals surface area contributed by atoms with Gasteiger partial charge in [-0.2, -0.15) is 0 Å². The Morgan fingerprint density at radius 3 is 2.47 bits per heavy atom. The lowest BCUT2D eigenvalue weighted by molar-refractivity contribution is 0.0739. The summed E-state index contributed by atoms with van der Waals surface area (Å²) in [5.74, 6) is 0. The van der Waals surface area contributed by atoms with Crippen molar-refractivity contribution >= 4 is 22.9 Å². The van der Waals surface area contributed by atoms with Gasteiger partial charge in [-0.05, 0) is 51.9 Å². The second kappa shape index (κ2) is 5.27. The van der Waals surface area contributed by atoms with Crippen LogP contribution >= 0.6 is 22.9 Å². The molecule has 1 aliphatic rings. The minimum atomic E-state index is 0.00853.